The minimum absolute atomic E-state index is 0.169. The molecule has 0 atom stereocenters. The minimum Gasteiger partial charge on any atom is -0.381 e. The van der Waals surface area contributed by atoms with Crippen LogP contribution >= 0.6 is 0 Å². The van der Waals surface area contributed by atoms with E-state index in [2.05, 4.69) is 41.5 Å². The molecular formula is C21H21N9O. The SMILES string of the molecule is N#Cc1ccc(N2CCC(Nc3cc(Nc4ccncn4)ncc3C(N)=O)CC2)nc1. The number of piperidine rings is 1. The van der Waals surface area contributed by atoms with Gasteiger partial charge in [-0.3, -0.25) is 4.79 Å². The van der Waals surface area contributed by atoms with E-state index in [1.165, 1.54) is 12.5 Å². The number of carbonyl (C=O) groups is 1. The molecule has 1 saturated heterocycles. The Morgan fingerprint density at radius 1 is 1.13 bits per heavy atom. The van der Waals surface area contributed by atoms with E-state index < -0.39 is 5.91 Å². The van der Waals surface area contributed by atoms with Gasteiger partial charge in [-0.1, -0.05) is 0 Å². The standard InChI is InChI=1S/C21H21N9O/c22-10-14-1-2-20(26-11-14)30-7-4-15(5-8-30)28-17-9-19(25-12-16(17)21(23)31)29-18-3-6-24-13-27-18/h1-3,6,9,11-13,15H,4-5,7-8H2,(H2,23,31)(H2,24,25,27,28,29). The number of primary amides is 1. The average molecular weight is 415 g/mol. The number of nitriles is 1. The molecule has 10 nitrogen and oxygen atoms in total. The average Bonchev–Trinajstić information content (AvgIpc) is 2.80. The van der Waals surface area contributed by atoms with Crippen molar-refractivity contribution in [3.05, 3.63) is 60.3 Å². The van der Waals surface area contributed by atoms with Crippen LogP contribution in [0.25, 0.3) is 0 Å². The molecule has 0 saturated carbocycles. The third-order valence-corrected chi connectivity index (χ3v) is 5.06. The molecule has 1 fully saturated rings. The first-order valence-electron chi connectivity index (χ1n) is 9.83. The zero-order valence-electron chi connectivity index (χ0n) is 16.7. The number of aromatic nitrogens is 4. The molecule has 1 aliphatic heterocycles. The van der Waals surface area contributed by atoms with Gasteiger partial charge in [0.05, 0.1) is 16.8 Å². The van der Waals surface area contributed by atoms with Gasteiger partial charge < -0.3 is 21.3 Å². The van der Waals surface area contributed by atoms with Gasteiger partial charge in [0.1, 0.15) is 29.9 Å². The number of pyridine rings is 2. The van der Waals surface area contributed by atoms with Crippen LogP contribution in [-0.4, -0.2) is 45.0 Å². The molecule has 10 heteroatoms. The lowest BCUT2D eigenvalue weighted by atomic mass is 10.0. The van der Waals surface area contributed by atoms with Crippen LogP contribution in [0.2, 0.25) is 0 Å². The zero-order valence-corrected chi connectivity index (χ0v) is 16.7. The largest absolute Gasteiger partial charge is 0.381 e. The van der Waals surface area contributed by atoms with Crippen LogP contribution in [0.15, 0.2) is 49.2 Å². The summed E-state index contributed by atoms with van der Waals surface area (Å²) >= 11 is 0. The second-order valence-corrected chi connectivity index (χ2v) is 7.12. The molecule has 0 unspecified atom stereocenters. The Morgan fingerprint density at radius 2 is 1.97 bits per heavy atom. The number of nitrogens with two attached hydrogens (primary N) is 1. The van der Waals surface area contributed by atoms with Crippen molar-refractivity contribution < 1.29 is 4.79 Å². The Kier molecular flexibility index (Phi) is 5.84. The first kappa shape index (κ1) is 20.0. The van der Waals surface area contributed by atoms with E-state index in [9.17, 15) is 4.79 Å². The molecule has 0 radical (unpaired) electrons. The predicted molar refractivity (Wildman–Crippen MR) is 116 cm³/mol. The molecular weight excluding hydrogens is 394 g/mol. The Labute approximate surface area is 179 Å². The summed E-state index contributed by atoms with van der Waals surface area (Å²) in [5.41, 5.74) is 7.06. The van der Waals surface area contributed by atoms with E-state index in [-0.39, 0.29) is 6.04 Å². The highest BCUT2D eigenvalue weighted by Crippen LogP contribution is 2.25. The van der Waals surface area contributed by atoms with E-state index in [0.29, 0.717) is 28.5 Å². The van der Waals surface area contributed by atoms with Crippen LogP contribution in [-0.2, 0) is 0 Å². The van der Waals surface area contributed by atoms with Crippen molar-refractivity contribution in [1.82, 2.24) is 19.9 Å². The fraction of sp³-hybridized carbons (Fsp3) is 0.238. The first-order chi connectivity index (χ1) is 15.1. The quantitative estimate of drug-likeness (QED) is 0.550. The number of rotatable bonds is 6. The fourth-order valence-electron chi connectivity index (χ4n) is 3.45. The van der Waals surface area contributed by atoms with E-state index in [4.69, 9.17) is 11.0 Å². The molecule has 3 aromatic rings. The first-order valence-corrected chi connectivity index (χ1v) is 9.83. The monoisotopic (exact) mass is 415 g/mol. The third-order valence-electron chi connectivity index (χ3n) is 5.06. The van der Waals surface area contributed by atoms with Gasteiger partial charge >= 0.3 is 0 Å². The highest BCUT2D eigenvalue weighted by molar-refractivity contribution is 5.98. The van der Waals surface area contributed by atoms with Gasteiger partial charge in [0.15, 0.2) is 0 Å². The molecule has 0 spiro atoms. The van der Waals surface area contributed by atoms with Gasteiger partial charge in [0, 0.05) is 43.8 Å². The Hall–Kier alpha value is -4.26. The number of hydrogen-bond acceptors (Lipinski definition) is 9. The summed E-state index contributed by atoms with van der Waals surface area (Å²) in [4.78, 5) is 30.7. The van der Waals surface area contributed by atoms with Crippen molar-refractivity contribution in [3.63, 3.8) is 0 Å². The second kappa shape index (κ2) is 9.04. The summed E-state index contributed by atoms with van der Waals surface area (Å²) in [5, 5.41) is 15.5. The fourth-order valence-corrected chi connectivity index (χ4v) is 3.45. The Balaban J connectivity index is 1.43. The normalized spacial score (nSPS) is 14.0. The number of hydrogen-bond donors (Lipinski definition) is 3. The molecule has 3 aromatic heterocycles. The van der Waals surface area contributed by atoms with Crippen molar-refractivity contribution in [2.45, 2.75) is 18.9 Å². The van der Waals surface area contributed by atoms with Gasteiger partial charge in [-0.25, -0.2) is 19.9 Å². The summed E-state index contributed by atoms with van der Waals surface area (Å²) in [6.45, 7) is 1.61. The van der Waals surface area contributed by atoms with Crippen LogP contribution in [0.4, 0.5) is 23.1 Å². The lowest BCUT2D eigenvalue weighted by molar-refractivity contribution is 0.100. The zero-order chi connectivity index (χ0) is 21.6. The maximum absolute atomic E-state index is 11.9. The highest BCUT2D eigenvalue weighted by atomic mass is 16.1. The smallest absolute Gasteiger partial charge is 0.252 e. The van der Waals surface area contributed by atoms with Crippen LogP contribution < -0.4 is 21.3 Å². The number of nitrogens with one attached hydrogen (secondary N) is 2. The molecule has 0 bridgehead atoms. The number of nitrogens with zero attached hydrogens (tertiary/aromatic N) is 6. The highest BCUT2D eigenvalue weighted by Gasteiger charge is 2.22. The third kappa shape index (κ3) is 4.84. The molecule has 0 aromatic carbocycles. The van der Waals surface area contributed by atoms with Crippen LogP contribution in [0.1, 0.15) is 28.8 Å². The summed E-state index contributed by atoms with van der Waals surface area (Å²) in [7, 11) is 0. The van der Waals surface area contributed by atoms with Crippen LogP contribution in [0.5, 0.6) is 0 Å². The van der Waals surface area contributed by atoms with Crippen LogP contribution in [0.3, 0.4) is 0 Å². The van der Waals surface area contributed by atoms with Crippen molar-refractivity contribution in [2.75, 3.05) is 28.6 Å². The van der Waals surface area contributed by atoms with Gasteiger partial charge in [0.2, 0.25) is 0 Å². The molecule has 4 N–H and O–H groups in total. The maximum atomic E-state index is 11.9. The molecule has 1 amide bonds. The van der Waals surface area contributed by atoms with E-state index in [1.807, 2.05) is 6.07 Å². The van der Waals surface area contributed by atoms with E-state index in [1.54, 1.807) is 30.6 Å². The molecule has 31 heavy (non-hydrogen) atoms. The predicted octanol–water partition coefficient (Wildman–Crippen LogP) is 2.06. The van der Waals surface area contributed by atoms with Gasteiger partial charge in [0.25, 0.3) is 5.91 Å². The molecule has 4 heterocycles. The van der Waals surface area contributed by atoms with Crippen molar-refractivity contribution in [1.29, 1.82) is 5.26 Å². The molecule has 4 rings (SSSR count). The van der Waals surface area contributed by atoms with Crippen LogP contribution in [0, 0.1) is 11.3 Å². The second-order valence-electron chi connectivity index (χ2n) is 7.12. The minimum atomic E-state index is -0.539. The van der Waals surface area contributed by atoms with Crippen molar-refractivity contribution >= 4 is 29.0 Å². The summed E-state index contributed by atoms with van der Waals surface area (Å²) < 4.78 is 0. The number of amides is 1. The lowest BCUT2D eigenvalue weighted by Crippen LogP contribution is -2.39. The molecule has 156 valence electrons. The van der Waals surface area contributed by atoms with Gasteiger partial charge in [-0.2, -0.15) is 5.26 Å². The lowest BCUT2D eigenvalue weighted by Gasteiger charge is -2.34. The van der Waals surface area contributed by atoms with Crippen molar-refractivity contribution in [3.8, 4) is 6.07 Å². The summed E-state index contributed by atoms with van der Waals surface area (Å²) in [5.74, 6) is 1.47. The van der Waals surface area contributed by atoms with Crippen molar-refractivity contribution in [2.24, 2.45) is 5.73 Å². The Bertz CT molecular complexity index is 1090. The van der Waals surface area contributed by atoms with Gasteiger partial charge in [-0.15, -0.1) is 0 Å². The van der Waals surface area contributed by atoms with Gasteiger partial charge in [-0.05, 0) is 31.0 Å². The topological polar surface area (TPSA) is 146 Å². The molecule has 0 aliphatic carbocycles. The maximum Gasteiger partial charge on any atom is 0.252 e. The summed E-state index contributed by atoms with van der Waals surface area (Å²) in [6, 6.07) is 9.37. The Morgan fingerprint density at radius 3 is 2.61 bits per heavy atom. The number of anilines is 4. The number of carbonyl (C=O) groups excluding carboxylic acids is 1. The van der Waals surface area contributed by atoms with E-state index >= 15 is 0 Å². The summed E-state index contributed by atoms with van der Waals surface area (Å²) in [6.07, 6.45) is 7.83. The molecule has 1 aliphatic rings. The van der Waals surface area contributed by atoms with E-state index in [0.717, 1.165) is 31.7 Å².